The number of aromatic nitrogens is 4. The Labute approximate surface area is 199 Å². The quantitative estimate of drug-likeness (QED) is 0.355. The van der Waals surface area contributed by atoms with E-state index in [4.69, 9.17) is 0 Å². The number of thiophene rings is 1. The van der Waals surface area contributed by atoms with Crippen molar-refractivity contribution < 1.29 is 4.79 Å². The number of likely N-dealkylation sites (N-methyl/N-ethyl adjacent to an activating group) is 1. The summed E-state index contributed by atoms with van der Waals surface area (Å²) in [7, 11) is 4.10. The maximum absolute atomic E-state index is 13.1. The van der Waals surface area contributed by atoms with Gasteiger partial charge in [0.2, 0.25) is 0 Å². The third-order valence-electron chi connectivity index (χ3n) is 5.27. The van der Waals surface area contributed by atoms with Gasteiger partial charge in [-0.05, 0) is 60.8 Å². The molecule has 0 radical (unpaired) electrons. The first-order valence-electron chi connectivity index (χ1n) is 10.4. The SMILES string of the molecule is CN(C)CCn1ncc2cc(NC(=O)c3csc(-c4cccnc4)n3)c(-c3ccsc3)cc21. The highest BCUT2D eigenvalue weighted by Crippen LogP contribution is 2.34. The number of thiazole rings is 1. The molecular weight excluding hydrogens is 452 g/mol. The molecule has 0 bridgehead atoms. The highest BCUT2D eigenvalue weighted by Gasteiger charge is 2.17. The maximum Gasteiger partial charge on any atom is 0.275 e. The molecule has 5 aromatic rings. The number of amides is 1. The van der Waals surface area contributed by atoms with E-state index < -0.39 is 0 Å². The monoisotopic (exact) mass is 474 g/mol. The van der Waals surface area contributed by atoms with E-state index in [2.05, 4.69) is 42.8 Å². The van der Waals surface area contributed by atoms with Crippen LogP contribution >= 0.6 is 22.7 Å². The second-order valence-electron chi connectivity index (χ2n) is 7.87. The molecule has 5 rings (SSSR count). The van der Waals surface area contributed by atoms with E-state index in [1.807, 2.05) is 48.6 Å². The number of anilines is 1. The van der Waals surface area contributed by atoms with Gasteiger partial charge in [0.05, 0.1) is 18.3 Å². The fraction of sp³-hybridized carbons (Fsp3) is 0.167. The van der Waals surface area contributed by atoms with E-state index in [9.17, 15) is 4.79 Å². The summed E-state index contributed by atoms with van der Waals surface area (Å²) in [6.45, 7) is 1.69. The maximum atomic E-state index is 13.1. The van der Waals surface area contributed by atoms with Crippen molar-refractivity contribution in [3.8, 4) is 21.7 Å². The number of hydrogen-bond donors (Lipinski definition) is 1. The Morgan fingerprint density at radius 3 is 2.82 bits per heavy atom. The lowest BCUT2D eigenvalue weighted by atomic mass is 10.0. The van der Waals surface area contributed by atoms with Crippen molar-refractivity contribution in [3.05, 3.63) is 70.8 Å². The number of fused-ring (bicyclic) bond motifs is 1. The van der Waals surface area contributed by atoms with Crippen molar-refractivity contribution in [3.63, 3.8) is 0 Å². The normalized spacial score (nSPS) is 11.4. The van der Waals surface area contributed by atoms with E-state index >= 15 is 0 Å². The molecule has 4 heterocycles. The van der Waals surface area contributed by atoms with Crippen molar-refractivity contribution in [2.45, 2.75) is 6.54 Å². The van der Waals surface area contributed by atoms with Crippen LogP contribution in [0.2, 0.25) is 0 Å². The van der Waals surface area contributed by atoms with E-state index in [-0.39, 0.29) is 5.91 Å². The number of benzene rings is 1. The predicted molar refractivity (Wildman–Crippen MR) is 135 cm³/mol. The fourth-order valence-corrected chi connectivity index (χ4v) is 4.99. The summed E-state index contributed by atoms with van der Waals surface area (Å²) in [6, 6.07) is 9.96. The van der Waals surface area contributed by atoms with Crippen molar-refractivity contribution in [2.24, 2.45) is 0 Å². The van der Waals surface area contributed by atoms with Crippen LogP contribution in [0.25, 0.3) is 32.6 Å². The summed E-state index contributed by atoms with van der Waals surface area (Å²) in [4.78, 5) is 23.9. The van der Waals surface area contributed by atoms with Gasteiger partial charge in [-0.15, -0.1) is 11.3 Å². The van der Waals surface area contributed by atoms with Gasteiger partial charge in [-0.1, -0.05) is 0 Å². The van der Waals surface area contributed by atoms with Gasteiger partial charge in [-0.2, -0.15) is 16.4 Å². The molecule has 33 heavy (non-hydrogen) atoms. The molecule has 0 fully saturated rings. The van der Waals surface area contributed by atoms with Gasteiger partial charge in [0, 0.05) is 46.5 Å². The first-order chi connectivity index (χ1) is 16.1. The average molecular weight is 475 g/mol. The van der Waals surface area contributed by atoms with Crippen LogP contribution in [0.4, 0.5) is 5.69 Å². The first-order valence-corrected chi connectivity index (χ1v) is 12.2. The molecule has 166 valence electrons. The summed E-state index contributed by atoms with van der Waals surface area (Å²) in [5, 5.41) is 15.3. The van der Waals surface area contributed by atoms with Crippen LogP contribution in [0.3, 0.4) is 0 Å². The Morgan fingerprint density at radius 1 is 1.15 bits per heavy atom. The van der Waals surface area contributed by atoms with Crippen LogP contribution in [0, 0.1) is 0 Å². The second kappa shape index (κ2) is 9.22. The van der Waals surface area contributed by atoms with Crippen molar-refractivity contribution in [1.82, 2.24) is 24.6 Å². The van der Waals surface area contributed by atoms with Gasteiger partial charge in [-0.3, -0.25) is 14.5 Å². The minimum absolute atomic E-state index is 0.239. The highest BCUT2D eigenvalue weighted by atomic mass is 32.1. The largest absolute Gasteiger partial charge is 0.320 e. The zero-order valence-corrected chi connectivity index (χ0v) is 19.9. The standard InChI is InChI=1S/C24H22N6OS2/c1-29(2)7-8-30-22-11-19(17-5-9-32-14-17)20(10-18(22)13-26-30)27-23(31)21-15-33-24(28-21)16-4-3-6-25-12-16/h3-6,9-15H,7-8H2,1-2H3,(H,27,31). The average Bonchev–Trinajstić information content (AvgIpc) is 3.58. The molecule has 1 amide bonds. The Morgan fingerprint density at radius 2 is 2.06 bits per heavy atom. The van der Waals surface area contributed by atoms with Crippen LogP contribution < -0.4 is 5.32 Å². The second-order valence-corrected chi connectivity index (χ2v) is 9.51. The van der Waals surface area contributed by atoms with E-state index in [0.717, 1.165) is 51.4 Å². The third kappa shape index (κ3) is 4.56. The summed E-state index contributed by atoms with van der Waals surface area (Å²) < 4.78 is 2.01. The van der Waals surface area contributed by atoms with Gasteiger partial charge < -0.3 is 10.2 Å². The molecule has 7 nitrogen and oxygen atoms in total. The van der Waals surface area contributed by atoms with Crippen molar-refractivity contribution in [1.29, 1.82) is 0 Å². The molecule has 0 atom stereocenters. The van der Waals surface area contributed by atoms with Crippen LogP contribution in [0.15, 0.2) is 65.1 Å². The minimum Gasteiger partial charge on any atom is -0.320 e. The fourth-order valence-electron chi connectivity index (χ4n) is 3.55. The molecule has 9 heteroatoms. The zero-order chi connectivity index (χ0) is 22.8. The molecule has 0 saturated heterocycles. The van der Waals surface area contributed by atoms with E-state index in [0.29, 0.717) is 5.69 Å². The number of carbonyl (C=O) groups is 1. The number of rotatable bonds is 7. The van der Waals surface area contributed by atoms with Crippen LogP contribution in [0.1, 0.15) is 10.5 Å². The number of hydrogen-bond acceptors (Lipinski definition) is 7. The smallest absolute Gasteiger partial charge is 0.275 e. The molecule has 1 aromatic carbocycles. The van der Waals surface area contributed by atoms with Gasteiger partial charge in [0.15, 0.2) is 0 Å². The number of pyridine rings is 1. The topological polar surface area (TPSA) is 75.9 Å². The minimum atomic E-state index is -0.239. The molecule has 0 aliphatic carbocycles. The molecule has 4 aromatic heterocycles. The molecule has 0 saturated carbocycles. The Hall–Kier alpha value is -3.40. The molecule has 0 aliphatic heterocycles. The van der Waals surface area contributed by atoms with Crippen molar-refractivity contribution >= 4 is 45.2 Å². The van der Waals surface area contributed by atoms with E-state index in [1.165, 1.54) is 11.3 Å². The van der Waals surface area contributed by atoms with Gasteiger partial charge in [0.1, 0.15) is 10.7 Å². The molecule has 0 unspecified atom stereocenters. The summed E-state index contributed by atoms with van der Waals surface area (Å²) in [6.07, 6.45) is 5.31. The Balaban J connectivity index is 1.48. The lowest BCUT2D eigenvalue weighted by Crippen LogP contribution is -2.19. The molecule has 0 aliphatic rings. The van der Waals surface area contributed by atoms with Gasteiger partial charge >= 0.3 is 0 Å². The Kier molecular flexibility index (Phi) is 5.99. The van der Waals surface area contributed by atoms with Crippen LogP contribution in [-0.2, 0) is 6.54 Å². The lowest BCUT2D eigenvalue weighted by molar-refractivity contribution is 0.102. The molecular formula is C24H22N6OS2. The van der Waals surface area contributed by atoms with Crippen LogP contribution in [0.5, 0.6) is 0 Å². The number of carbonyl (C=O) groups excluding carboxylic acids is 1. The molecule has 0 spiro atoms. The molecule has 1 N–H and O–H groups in total. The lowest BCUT2D eigenvalue weighted by Gasteiger charge is -2.13. The number of nitrogens with one attached hydrogen (secondary N) is 1. The van der Waals surface area contributed by atoms with Crippen LogP contribution in [-0.4, -0.2) is 51.2 Å². The number of nitrogens with zero attached hydrogens (tertiary/aromatic N) is 5. The van der Waals surface area contributed by atoms with Gasteiger partial charge in [-0.25, -0.2) is 4.98 Å². The Bertz CT molecular complexity index is 1390. The first kappa shape index (κ1) is 21.4. The summed E-state index contributed by atoms with van der Waals surface area (Å²) in [5.74, 6) is -0.239. The summed E-state index contributed by atoms with van der Waals surface area (Å²) in [5.41, 5.74) is 5.10. The summed E-state index contributed by atoms with van der Waals surface area (Å²) >= 11 is 3.06. The highest BCUT2D eigenvalue weighted by molar-refractivity contribution is 7.13. The zero-order valence-electron chi connectivity index (χ0n) is 18.2. The third-order valence-corrected chi connectivity index (χ3v) is 6.84. The van der Waals surface area contributed by atoms with Crippen molar-refractivity contribution in [2.75, 3.05) is 26.0 Å². The van der Waals surface area contributed by atoms with Gasteiger partial charge in [0.25, 0.3) is 5.91 Å². The van der Waals surface area contributed by atoms with E-state index in [1.54, 1.807) is 29.1 Å². The predicted octanol–water partition coefficient (Wildman–Crippen LogP) is 5.10.